The zero-order chi connectivity index (χ0) is 13.8. The summed E-state index contributed by atoms with van der Waals surface area (Å²) < 4.78 is 6.44. The van der Waals surface area contributed by atoms with Gasteiger partial charge in [0.1, 0.15) is 5.75 Å². The second kappa shape index (κ2) is 6.55. The summed E-state index contributed by atoms with van der Waals surface area (Å²) in [6, 6.07) is 8.48. The van der Waals surface area contributed by atoms with Gasteiger partial charge in [0, 0.05) is 9.35 Å². The van der Waals surface area contributed by atoms with Gasteiger partial charge in [-0.3, -0.25) is 0 Å². The van der Waals surface area contributed by atoms with E-state index in [0.29, 0.717) is 0 Å². The third kappa shape index (κ3) is 3.19. The molecule has 4 heteroatoms. The van der Waals surface area contributed by atoms with Crippen molar-refractivity contribution in [1.82, 2.24) is 5.32 Å². The van der Waals surface area contributed by atoms with E-state index < -0.39 is 0 Å². The van der Waals surface area contributed by atoms with Crippen LogP contribution >= 0.6 is 27.3 Å². The average Bonchev–Trinajstić information content (AvgIpc) is 2.83. The molecular formula is C15H18BrNOS. The molecule has 0 aliphatic rings. The summed E-state index contributed by atoms with van der Waals surface area (Å²) >= 11 is 5.44. The van der Waals surface area contributed by atoms with E-state index >= 15 is 0 Å². The standard InChI is InChI=1S/C15H18BrNOS/c1-4-17-14(15-10(2)7-8-19-15)12-9-11(18-3)5-6-13(12)16/h5-9,14,17H,4H2,1-3H3. The van der Waals surface area contributed by atoms with Gasteiger partial charge < -0.3 is 10.1 Å². The number of hydrogen-bond donors (Lipinski definition) is 1. The van der Waals surface area contributed by atoms with E-state index in [0.717, 1.165) is 16.8 Å². The van der Waals surface area contributed by atoms with Gasteiger partial charge in [-0.05, 0) is 54.2 Å². The number of ether oxygens (including phenoxy) is 1. The highest BCUT2D eigenvalue weighted by molar-refractivity contribution is 9.10. The Morgan fingerprint density at radius 3 is 2.74 bits per heavy atom. The second-order valence-corrected chi connectivity index (χ2v) is 6.15. The lowest BCUT2D eigenvalue weighted by Crippen LogP contribution is -2.22. The van der Waals surface area contributed by atoms with Crippen molar-refractivity contribution < 1.29 is 4.74 Å². The van der Waals surface area contributed by atoms with Gasteiger partial charge in [-0.25, -0.2) is 0 Å². The van der Waals surface area contributed by atoms with Crippen LogP contribution in [0.5, 0.6) is 5.75 Å². The van der Waals surface area contributed by atoms with E-state index in [-0.39, 0.29) is 6.04 Å². The summed E-state index contributed by atoms with van der Waals surface area (Å²) in [7, 11) is 1.70. The lowest BCUT2D eigenvalue weighted by atomic mass is 10.0. The van der Waals surface area contributed by atoms with Gasteiger partial charge in [0.25, 0.3) is 0 Å². The van der Waals surface area contributed by atoms with Crippen LogP contribution in [0.2, 0.25) is 0 Å². The smallest absolute Gasteiger partial charge is 0.119 e. The van der Waals surface area contributed by atoms with Crippen molar-refractivity contribution in [1.29, 1.82) is 0 Å². The normalized spacial score (nSPS) is 12.4. The Hall–Kier alpha value is -0.840. The van der Waals surface area contributed by atoms with E-state index in [1.54, 1.807) is 18.4 Å². The number of aryl methyl sites for hydroxylation is 1. The molecule has 1 aromatic carbocycles. The molecule has 1 N–H and O–H groups in total. The summed E-state index contributed by atoms with van der Waals surface area (Å²) in [5, 5.41) is 5.70. The zero-order valence-electron chi connectivity index (χ0n) is 11.4. The minimum atomic E-state index is 0.203. The summed E-state index contributed by atoms with van der Waals surface area (Å²) in [6.07, 6.45) is 0. The van der Waals surface area contributed by atoms with Crippen molar-refractivity contribution in [2.24, 2.45) is 0 Å². The molecule has 0 saturated heterocycles. The molecule has 0 radical (unpaired) electrons. The van der Waals surface area contributed by atoms with Crippen molar-refractivity contribution in [3.63, 3.8) is 0 Å². The number of benzene rings is 1. The predicted octanol–water partition coefficient (Wildman–Crippen LogP) is 4.53. The molecule has 0 aliphatic carbocycles. The first-order chi connectivity index (χ1) is 9.17. The molecule has 2 nitrogen and oxygen atoms in total. The maximum Gasteiger partial charge on any atom is 0.119 e. The number of thiophene rings is 1. The van der Waals surface area contributed by atoms with E-state index in [1.165, 1.54) is 16.0 Å². The minimum Gasteiger partial charge on any atom is -0.497 e. The van der Waals surface area contributed by atoms with E-state index in [4.69, 9.17) is 4.74 Å². The summed E-state index contributed by atoms with van der Waals surface area (Å²) in [5.74, 6) is 0.885. The molecule has 1 heterocycles. The number of nitrogens with one attached hydrogen (secondary N) is 1. The Morgan fingerprint density at radius 2 is 2.16 bits per heavy atom. The van der Waals surface area contributed by atoms with Gasteiger partial charge >= 0.3 is 0 Å². The van der Waals surface area contributed by atoms with Gasteiger partial charge in [0.2, 0.25) is 0 Å². The molecule has 0 amide bonds. The maximum absolute atomic E-state index is 5.34. The lowest BCUT2D eigenvalue weighted by Gasteiger charge is -2.20. The van der Waals surface area contributed by atoms with Crippen LogP contribution in [0.4, 0.5) is 0 Å². The van der Waals surface area contributed by atoms with Gasteiger partial charge in [0.05, 0.1) is 13.2 Å². The van der Waals surface area contributed by atoms with Gasteiger partial charge in [-0.2, -0.15) is 0 Å². The SMILES string of the molecule is CCNC(c1cc(OC)ccc1Br)c1sccc1C. The fourth-order valence-corrected chi connectivity index (χ4v) is 3.59. The molecule has 102 valence electrons. The van der Waals surface area contributed by atoms with Crippen molar-refractivity contribution >= 4 is 27.3 Å². The van der Waals surface area contributed by atoms with Gasteiger partial charge in [-0.15, -0.1) is 11.3 Å². The number of hydrogen-bond acceptors (Lipinski definition) is 3. The number of rotatable bonds is 5. The Labute approximate surface area is 126 Å². The number of methoxy groups -OCH3 is 1. The summed E-state index contributed by atoms with van der Waals surface area (Å²) in [6.45, 7) is 5.21. The summed E-state index contributed by atoms with van der Waals surface area (Å²) in [5.41, 5.74) is 2.54. The van der Waals surface area contributed by atoms with E-state index in [1.807, 2.05) is 12.1 Å². The largest absolute Gasteiger partial charge is 0.497 e. The van der Waals surface area contributed by atoms with Crippen molar-refractivity contribution in [2.45, 2.75) is 19.9 Å². The van der Waals surface area contributed by atoms with Gasteiger partial charge in [-0.1, -0.05) is 22.9 Å². The third-order valence-corrected chi connectivity index (χ3v) is 4.89. The molecular weight excluding hydrogens is 322 g/mol. The van der Waals surface area contributed by atoms with E-state index in [9.17, 15) is 0 Å². The Morgan fingerprint density at radius 1 is 1.37 bits per heavy atom. The van der Waals surface area contributed by atoms with Crippen LogP contribution < -0.4 is 10.1 Å². The Bertz CT molecular complexity index is 553. The molecule has 19 heavy (non-hydrogen) atoms. The topological polar surface area (TPSA) is 21.3 Å². The van der Waals surface area contributed by atoms with Gasteiger partial charge in [0.15, 0.2) is 0 Å². The average molecular weight is 340 g/mol. The number of halogens is 1. The van der Waals surface area contributed by atoms with Crippen molar-refractivity contribution in [2.75, 3.05) is 13.7 Å². The Balaban J connectivity index is 2.47. The first-order valence-electron chi connectivity index (χ1n) is 6.28. The molecule has 1 atom stereocenters. The summed E-state index contributed by atoms with van der Waals surface area (Å²) in [4.78, 5) is 1.36. The second-order valence-electron chi connectivity index (χ2n) is 4.35. The highest BCUT2D eigenvalue weighted by Crippen LogP contribution is 2.35. The first kappa shape index (κ1) is 14.6. The quantitative estimate of drug-likeness (QED) is 0.864. The molecule has 0 fully saturated rings. The molecule has 0 spiro atoms. The molecule has 2 rings (SSSR count). The Kier molecular flexibility index (Phi) is 5.02. The fourth-order valence-electron chi connectivity index (χ4n) is 2.10. The molecule has 1 unspecified atom stereocenters. The third-order valence-electron chi connectivity index (χ3n) is 3.09. The van der Waals surface area contributed by atoms with Crippen LogP contribution in [-0.4, -0.2) is 13.7 Å². The highest BCUT2D eigenvalue weighted by atomic mass is 79.9. The van der Waals surface area contributed by atoms with Crippen LogP contribution in [0.15, 0.2) is 34.1 Å². The molecule has 0 aliphatic heterocycles. The first-order valence-corrected chi connectivity index (χ1v) is 7.95. The van der Waals surface area contributed by atoms with Crippen LogP contribution in [0.1, 0.15) is 29.0 Å². The monoisotopic (exact) mass is 339 g/mol. The van der Waals surface area contributed by atoms with Crippen molar-refractivity contribution in [3.8, 4) is 5.75 Å². The highest BCUT2D eigenvalue weighted by Gasteiger charge is 2.19. The predicted molar refractivity (Wildman–Crippen MR) is 85.3 cm³/mol. The van der Waals surface area contributed by atoms with Crippen LogP contribution in [-0.2, 0) is 0 Å². The molecule has 0 saturated carbocycles. The minimum absolute atomic E-state index is 0.203. The molecule has 0 bridgehead atoms. The van der Waals surface area contributed by atoms with E-state index in [2.05, 4.69) is 52.6 Å². The molecule has 2 aromatic rings. The maximum atomic E-state index is 5.34. The fraction of sp³-hybridized carbons (Fsp3) is 0.333. The van der Waals surface area contributed by atoms with Crippen LogP contribution in [0, 0.1) is 6.92 Å². The van der Waals surface area contributed by atoms with Crippen molar-refractivity contribution in [3.05, 3.63) is 50.1 Å². The van der Waals surface area contributed by atoms with Crippen LogP contribution in [0.3, 0.4) is 0 Å². The lowest BCUT2D eigenvalue weighted by molar-refractivity contribution is 0.413. The zero-order valence-corrected chi connectivity index (χ0v) is 13.8. The molecule has 1 aromatic heterocycles. The van der Waals surface area contributed by atoms with Crippen LogP contribution in [0.25, 0.3) is 0 Å².